The lowest BCUT2D eigenvalue weighted by Gasteiger charge is -2.12. The van der Waals surface area contributed by atoms with E-state index in [1.807, 2.05) is 0 Å². The van der Waals surface area contributed by atoms with E-state index in [1.54, 1.807) is 12.1 Å². The predicted octanol–water partition coefficient (Wildman–Crippen LogP) is 2.84. The van der Waals surface area contributed by atoms with Crippen molar-refractivity contribution in [3.05, 3.63) is 54.0 Å². The molecule has 2 amide bonds. The van der Waals surface area contributed by atoms with E-state index in [4.69, 9.17) is 0 Å². The lowest BCUT2D eigenvalue weighted by molar-refractivity contribution is -0.146. The smallest absolute Gasteiger partial charge is 0.350 e. The van der Waals surface area contributed by atoms with Gasteiger partial charge in [0, 0.05) is 37.5 Å². The summed E-state index contributed by atoms with van der Waals surface area (Å²) in [7, 11) is 0. The molecule has 0 bridgehead atoms. The van der Waals surface area contributed by atoms with Crippen molar-refractivity contribution in [2.75, 3.05) is 11.9 Å². The molecule has 28 heavy (non-hydrogen) atoms. The Kier molecular flexibility index (Phi) is 5.30. The standard InChI is InChI=1S/C18H16F3N5O2/c1-11(27)24-13-6-4-12(5-7-13)16(28)23-9-10-26-15-14(3-2-8-22-15)25-17(26)18(19,20)21/h2-8H,9-10H2,1H3,(H,23,28)(H,24,27). The Morgan fingerprint density at radius 1 is 1.14 bits per heavy atom. The summed E-state index contributed by atoms with van der Waals surface area (Å²) in [6.45, 7) is 1.18. The summed E-state index contributed by atoms with van der Waals surface area (Å²) in [6.07, 6.45) is -3.25. The summed E-state index contributed by atoms with van der Waals surface area (Å²) in [5, 5.41) is 5.15. The maximum atomic E-state index is 13.2. The van der Waals surface area contributed by atoms with Crippen LogP contribution in [0.1, 0.15) is 23.1 Å². The van der Waals surface area contributed by atoms with Gasteiger partial charge in [0.15, 0.2) is 5.65 Å². The molecule has 1 aromatic carbocycles. The van der Waals surface area contributed by atoms with Crippen LogP contribution in [-0.4, -0.2) is 32.9 Å². The van der Waals surface area contributed by atoms with Crippen molar-refractivity contribution < 1.29 is 22.8 Å². The van der Waals surface area contributed by atoms with Gasteiger partial charge in [-0.25, -0.2) is 9.97 Å². The summed E-state index contributed by atoms with van der Waals surface area (Å²) in [6, 6.07) is 9.10. The molecule has 0 radical (unpaired) electrons. The Morgan fingerprint density at radius 2 is 1.86 bits per heavy atom. The van der Waals surface area contributed by atoms with Crippen molar-refractivity contribution in [3.8, 4) is 0 Å². The first-order valence-corrected chi connectivity index (χ1v) is 8.30. The molecule has 0 spiro atoms. The number of hydrogen-bond acceptors (Lipinski definition) is 4. The minimum absolute atomic E-state index is 0.0443. The topological polar surface area (TPSA) is 88.9 Å². The Bertz CT molecular complexity index is 1010. The molecule has 0 saturated carbocycles. The molecule has 3 rings (SSSR count). The van der Waals surface area contributed by atoms with Crippen LogP contribution in [0.4, 0.5) is 18.9 Å². The zero-order valence-electron chi connectivity index (χ0n) is 14.7. The van der Waals surface area contributed by atoms with E-state index < -0.39 is 17.9 Å². The van der Waals surface area contributed by atoms with Crippen LogP contribution in [0, 0.1) is 0 Å². The fourth-order valence-electron chi connectivity index (χ4n) is 2.68. The molecule has 2 aromatic heterocycles. The summed E-state index contributed by atoms with van der Waals surface area (Å²) < 4.78 is 40.7. The number of nitrogens with zero attached hydrogens (tertiary/aromatic N) is 3. The maximum absolute atomic E-state index is 13.2. The normalized spacial score (nSPS) is 11.4. The number of hydrogen-bond donors (Lipinski definition) is 2. The fourth-order valence-corrected chi connectivity index (χ4v) is 2.68. The summed E-state index contributed by atoms with van der Waals surface area (Å²) in [4.78, 5) is 30.7. The van der Waals surface area contributed by atoms with Crippen LogP contribution in [0.3, 0.4) is 0 Å². The molecular weight excluding hydrogens is 375 g/mol. The molecule has 0 aliphatic carbocycles. The minimum Gasteiger partial charge on any atom is -0.350 e. The van der Waals surface area contributed by atoms with Gasteiger partial charge in [-0.15, -0.1) is 0 Å². The molecule has 0 atom stereocenters. The second-order valence-electron chi connectivity index (χ2n) is 5.95. The van der Waals surface area contributed by atoms with E-state index in [9.17, 15) is 22.8 Å². The zero-order valence-corrected chi connectivity index (χ0v) is 14.7. The lowest BCUT2D eigenvalue weighted by atomic mass is 10.2. The van der Waals surface area contributed by atoms with Gasteiger partial charge >= 0.3 is 6.18 Å². The van der Waals surface area contributed by atoms with E-state index >= 15 is 0 Å². The van der Waals surface area contributed by atoms with E-state index in [2.05, 4.69) is 20.6 Å². The van der Waals surface area contributed by atoms with E-state index in [-0.39, 0.29) is 30.2 Å². The summed E-state index contributed by atoms with van der Waals surface area (Å²) in [5.41, 5.74) is 1.09. The highest BCUT2D eigenvalue weighted by molar-refractivity contribution is 5.95. The SMILES string of the molecule is CC(=O)Nc1ccc(C(=O)NCCn2c(C(F)(F)F)nc3cccnc32)cc1. The Balaban J connectivity index is 1.69. The Morgan fingerprint density at radius 3 is 2.50 bits per heavy atom. The highest BCUT2D eigenvalue weighted by atomic mass is 19.4. The third kappa shape index (κ3) is 4.27. The highest BCUT2D eigenvalue weighted by Crippen LogP contribution is 2.30. The van der Waals surface area contributed by atoms with Crippen LogP contribution in [0.2, 0.25) is 0 Å². The quantitative estimate of drug-likeness (QED) is 0.700. The van der Waals surface area contributed by atoms with Crippen LogP contribution in [0.25, 0.3) is 11.2 Å². The van der Waals surface area contributed by atoms with Gasteiger partial charge in [0.2, 0.25) is 11.7 Å². The molecule has 0 saturated heterocycles. The van der Waals surface area contributed by atoms with Crippen LogP contribution < -0.4 is 10.6 Å². The van der Waals surface area contributed by atoms with Gasteiger partial charge < -0.3 is 15.2 Å². The molecule has 0 aliphatic rings. The van der Waals surface area contributed by atoms with Gasteiger partial charge in [-0.05, 0) is 36.4 Å². The van der Waals surface area contributed by atoms with E-state index in [1.165, 1.54) is 37.4 Å². The maximum Gasteiger partial charge on any atom is 0.449 e. The number of carbonyl (C=O) groups is 2. The van der Waals surface area contributed by atoms with Gasteiger partial charge in [-0.2, -0.15) is 13.2 Å². The number of fused-ring (bicyclic) bond motifs is 1. The molecule has 146 valence electrons. The van der Waals surface area contributed by atoms with Gasteiger partial charge in [0.25, 0.3) is 5.91 Å². The number of amides is 2. The van der Waals surface area contributed by atoms with Crippen molar-refractivity contribution in [1.82, 2.24) is 19.9 Å². The van der Waals surface area contributed by atoms with E-state index in [0.29, 0.717) is 11.3 Å². The number of alkyl halides is 3. The zero-order chi connectivity index (χ0) is 20.3. The predicted molar refractivity (Wildman–Crippen MR) is 95.6 cm³/mol. The molecule has 2 heterocycles. The number of aromatic nitrogens is 3. The molecule has 10 heteroatoms. The van der Waals surface area contributed by atoms with Crippen molar-refractivity contribution in [2.45, 2.75) is 19.6 Å². The molecule has 2 N–H and O–H groups in total. The van der Waals surface area contributed by atoms with Crippen LogP contribution >= 0.6 is 0 Å². The average molecular weight is 391 g/mol. The molecule has 3 aromatic rings. The van der Waals surface area contributed by atoms with Crippen LogP contribution in [-0.2, 0) is 17.5 Å². The first-order valence-electron chi connectivity index (χ1n) is 8.30. The molecule has 0 fully saturated rings. The Labute approximate surface area is 157 Å². The molecule has 0 unspecified atom stereocenters. The molecule has 0 aliphatic heterocycles. The second kappa shape index (κ2) is 7.67. The third-order valence-corrected chi connectivity index (χ3v) is 3.85. The van der Waals surface area contributed by atoms with Gasteiger partial charge in [0.05, 0.1) is 0 Å². The van der Waals surface area contributed by atoms with Crippen molar-refractivity contribution in [3.63, 3.8) is 0 Å². The third-order valence-electron chi connectivity index (χ3n) is 3.85. The minimum atomic E-state index is -4.63. The fraction of sp³-hybridized carbons (Fsp3) is 0.222. The number of rotatable bonds is 5. The van der Waals surface area contributed by atoms with Crippen LogP contribution in [0.15, 0.2) is 42.6 Å². The number of anilines is 1. The number of halogens is 3. The van der Waals surface area contributed by atoms with Gasteiger partial charge in [-0.1, -0.05) is 0 Å². The second-order valence-corrected chi connectivity index (χ2v) is 5.95. The van der Waals surface area contributed by atoms with Crippen molar-refractivity contribution in [2.24, 2.45) is 0 Å². The monoisotopic (exact) mass is 391 g/mol. The van der Waals surface area contributed by atoms with E-state index in [0.717, 1.165) is 4.57 Å². The Hall–Kier alpha value is -3.43. The average Bonchev–Trinajstić information content (AvgIpc) is 3.01. The number of carbonyl (C=O) groups excluding carboxylic acids is 2. The van der Waals surface area contributed by atoms with Gasteiger partial charge in [0.1, 0.15) is 5.52 Å². The number of nitrogens with one attached hydrogen (secondary N) is 2. The number of pyridine rings is 1. The molecular formula is C18H16F3N5O2. The van der Waals surface area contributed by atoms with Crippen molar-refractivity contribution >= 4 is 28.7 Å². The van der Waals surface area contributed by atoms with Crippen molar-refractivity contribution in [1.29, 1.82) is 0 Å². The number of benzene rings is 1. The van der Waals surface area contributed by atoms with Gasteiger partial charge in [-0.3, -0.25) is 9.59 Å². The summed E-state index contributed by atoms with van der Waals surface area (Å²) in [5.74, 6) is -1.74. The summed E-state index contributed by atoms with van der Waals surface area (Å²) >= 11 is 0. The highest BCUT2D eigenvalue weighted by Gasteiger charge is 2.37. The molecule has 7 nitrogen and oxygen atoms in total. The number of imidazole rings is 1. The first kappa shape index (κ1) is 19.3. The van der Waals surface area contributed by atoms with Crippen LogP contribution in [0.5, 0.6) is 0 Å². The first-order chi connectivity index (χ1) is 13.3. The largest absolute Gasteiger partial charge is 0.449 e. The lowest BCUT2D eigenvalue weighted by Crippen LogP contribution is -2.28.